The number of amides is 2. The van der Waals surface area contributed by atoms with E-state index in [9.17, 15) is 19.2 Å². The highest BCUT2D eigenvalue weighted by Crippen LogP contribution is 2.27. The Bertz CT molecular complexity index is 1180. The van der Waals surface area contributed by atoms with Crippen LogP contribution in [-0.2, 0) is 14.3 Å². The molecule has 3 rings (SSSR count). The maximum absolute atomic E-state index is 12.4. The summed E-state index contributed by atoms with van der Waals surface area (Å²) in [6.45, 7) is 0.785. The Labute approximate surface area is 171 Å². The number of carbonyl (C=O) groups is 3. The van der Waals surface area contributed by atoms with Crippen LogP contribution in [0, 0.1) is 0 Å². The summed E-state index contributed by atoms with van der Waals surface area (Å²) in [5.41, 5.74) is 0.856. The first kappa shape index (κ1) is 20.6. The van der Waals surface area contributed by atoms with Gasteiger partial charge in [0.05, 0.1) is 18.4 Å². The highest BCUT2D eigenvalue weighted by atomic mass is 16.5. The number of hydrogen-bond acceptors (Lipinski definition) is 6. The van der Waals surface area contributed by atoms with Crippen LogP contribution in [0.15, 0.2) is 53.3 Å². The Hall–Kier alpha value is -4.14. The van der Waals surface area contributed by atoms with Crippen molar-refractivity contribution in [3.8, 4) is 5.75 Å². The van der Waals surface area contributed by atoms with Crippen LogP contribution in [0.1, 0.15) is 17.3 Å². The normalized spacial score (nSPS) is 10.3. The molecule has 0 saturated heterocycles. The Morgan fingerprint density at radius 2 is 1.80 bits per heavy atom. The van der Waals surface area contributed by atoms with Crippen LogP contribution in [0.25, 0.3) is 10.9 Å². The highest BCUT2D eigenvalue weighted by molar-refractivity contribution is 6.04. The molecule has 1 aromatic heterocycles. The first-order valence-corrected chi connectivity index (χ1v) is 8.92. The van der Waals surface area contributed by atoms with Crippen LogP contribution < -0.4 is 20.9 Å². The van der Waals surface area contributed by atoms with E-state index in [1.807, 2.05) is 0 Å². The van der Waals surface area contributed by atoms with Crippen LogP contribution >= 0.6 is 0 Å². The van der Waals surface area contributed by atoms with Crippen molar-refractivity contribution in [3.63, 3.8) is 0 Å². The molecule has 0 aliphatic heterocycles. The monoisotopic (exact) mass is 409 g/mol. The molecule has 0 aliphatic carbocycles. The lowest BCUT2D eigenvalue weighted by Gasteiger charge is -2.13. The molecule has 154 valence electrons. The van der Waals surface area contributed by atoms with Crippen LogP contribution in [0.2, 0.25) is 0 Å². The second-order valence-corrected chi connectivity index (χ2v) is 6.31. The van der Waals surface area contributed by atoms with Gasteiger partial charge < -0.3 is 25.1 Å². The van der Waals surface area contributed by atoms with Crippen LogP contribution in [-0.4, -0.2) is 36.5 Å². The zero-order chi connectivity index (χ0) is 21.7. The first-order chi connectivity index (χ1) is 14.4. The summed E-state index contributed by atoms with van der Waals surface area (Å²) in [7, 11) is 1.43. The smallest absolute Gasteiger partial charge is 0.339 e. The second-order valence-electron chi connectivity index (χ2n) is 6.31. The fourth-order valence-corrected chi connectivity index (χ4v) is 2.86. The van der Waals surface area contributed by atoms with Gasteiger partial charge in [-0.15, -0.1) is 0 Å². The number of anilines is 2. The van der Waals surface area contributed by atoms with Gasteiger partial charge in [0.1, 0.15) is 5.75 Å². The average Bonchev–Trinajstić information content (AvgIpc) is 2.71. The molecule has 30 heavy (non-hydrogen) atoms. The number of pyridine rings is 1. The minimum Gasteiger partial charge on any atom is -0.495 e. The molecule has 0 unspecified atom stereocenters. The van der Waals surface area contributed by atoms with E-state index in [2.05, 4.69) is 15.6 Å². The third kappa shape index (κ3) is 4.82. The second kappa shape index (κ2) is 8.91. The summed E-state index contributed by atoms with van der Waals surface area (Å²) < 4.78 is 10.3. The van der Waals surface area contributed by atoms with Gasteiger partial charge in [-0.25, -0.2) is 4.79 Å². The minimum atomic E-state index is -0.800. The zero-order valence-electron chi connectivity index (χ0n) is 16.3. The molecular formula is C21H19N3O6. The first-order valence-electron chi connectivity index (χ1n) is 8.92. The number of nitrogens with one attached hydrogen (secondary N) is 3. The molecule has 0 bridgehead atoms. The maximum atomic E-state index is 12.4. The van der Waals surface area contributed by atoms with Crippen LogP contribution in [0.5, 0.6) is 5.75 Å². The number of para-hydroxylation sites is 1. The SMILES string of the molecule is COc1ccc(NC(C)=O)cc1NC(=O)COC(=O)c1cc(=O)[nH]c2ccccc12. The molecule has 9 heteroatoms. The number of benzene rings is 2. The van der Waals surface area contributed by atoms with Crippen molar-refractivity contribution in [2.24, 2.45) is 0 Å². The molecule has 0 radical (unpaired) electrons. The van der Waals surface area contributed by atoms with Gasteiger partial charge in [0.15, 0.2) is 6.61 Å². The molecular weight excluding hydrogens is 390 g/mol. The Morgan fingerprint density at radius 1 is 1.03 bits per heavy atom. The van der Waals surface area contributed by atoms with Gasteiger partial charge >= 0.3 is 5.97 Å². The molecule has 0 saturated carbocycles. The quantitative estimate of drug-likeness (QED) is 0.536. The summed E-state index contributed by atoms with van der Waals surface area (Å²) in [4.78, 5) is 50.3. The standard InChI is InChI=1S/C21H19N3O6/c1-12(25)22-13-7-8-18(29-2)17(9-13)24-20(27)11-30-21(28)15-10-19(26)23-16-6-4-3-5-14(15)16/h3-10H,11H2,1-2H3,(H,22,25)(H,23,26)(H,24,27). The Morgan fingerprint density at radius 3 is 2.53 bits per heavy atom. The highest BCUT2D eigenvalue weighted by Gasteiger charge is 2.16. The number of rotatable bonds is 6. The third-order valence-electron chi connectivity index (χ3n) is 4.10. The van der Waals surface area contributed by atoms with Gasteiger partial charge in [0.2, 0.25) is 11.5 Å². The average molecular weight is 409 g/mol. The number of aromatic amines is 1. The largest absolute Gasteiger partial charge is 0.495 e. The molecule has 0 spiro atoms. The van der Waals surface area contributed by atoms with Gasteiger partial charge in [0.25, 0.3) is 5.91 Å². The number of fused-ring (bicyclic) bond motifs is 1. The van der Waals surface area contributed by atoms with Crippen LogP contribution in [0.4, 0.5) is 11.4 Å². The van der Waals surface area contributed by atoms with E-state index >= 15 is 0 Å². The molecule has 9 nitrogen and oxygen atoms in total. The fourth-order valence-electron chi connectivity index (χ4n) is 2.86. The van der Waals surface area contributed by atoms with Crippen molar-refractivity contribution in [1.82, 2.24) is 4.98 Å². The molecule has 0 aliphatic rings. The van der Waals surface area contributed by atoms with Crippen molar-refractivity contribution >= 4 is 40.1 Å². The molecule has 3 N–H and O–H groups in total. The van der Waals surface area contributed by atoms with Crippen LogP contribution in [0.3, 0.4) is 0 Å². The zero-order valence-corrected chi connectivity index (χ0v) is 16.3. The molecule has 1 heterocycles. The Kier molecular flexibility index (Phi) is 6.11. The van der Waals surface area contributed by atoms with Crippen molar-refractivity contribution in [3.05, 3.63) is 64.4 Å². The van der Waals surface area contributed by atoms with Crippen molar-refractivity contribution in [2.75, 3.05) is 24.4 Å². The fraction of sp³-hybridized carbons (Fsp3) is 0.143. The summed E-state index contributed by atoms with van der Waals surface area (Å²) in [5, 5.41) is 5.68. The predicted octanol–water partition coefficient (Wildman–Crippen LogP) is 2.29. The summed E-state index contributed by atoms with van der Waals surface area (Å²) in [6, 6.07) is 12.6. The van der Waals surface area contributed by atoms with E-state index in [1.165, 1.54) is 20.1 Å². The molecule has 0 atom stereocenters. The maximum Gasteiger partial charge on any atom is 0.339 e. The number of aromatic nitrogens is 1. The van der Waals surface area contributed by atoms with E-state index in [1.54, 1.807) is 36.4 Å². The third-order valence-corrected chi connectivity index (χ3v) is 4.10. The number of H-pyrrole nitrogens is 1. The van der Waals surface area contributed by atoms with Crippen molar-refractivity contribution in [1.29, 1.82) is 0 Å². The van der Waals surface area contributed by atoms with Gasteiger partial charge in [0, 0.05) is 29.6 Å². The molecule has 2 aromatic carbocycles. The lowest BCUT2D eigenvalue weighted by molar-refractivity contribution is -0.119. The number of esters is 1. The topological polar surface area (TPSA) is 127 Å². The van der Waals surface area contributed by atoms with Gasteiger partial charge in [-0.2, -0.15) is 0 Å². The van der Waals surface area contributed by atoms with Gasteiger partial charge in [-0.1, -0.05) is 18.2 Å². The summed E-state index contributed by atoms with van der Waals surface area (Å²) in [5.74, 6) is -1.32. The number of ether oxygens (including phenoxy) is 2. The van der Waals surface area contributed by atoms with E-state index < -0.39 is 24.0 Å². The predicted molar refractivity (Wildman–Crippen MR) is 111 cm³/mol. The number of methoxy groups -OCH3 is 1. The van der Waals surface area contributed by atoms with Gasteiger partial charge in [-0.05, 0) is 24.3 Å². The lowest BCUT2D eigenvalue weighted by Crippen LogP contribution is -2.22. The van der Waals surface area contributed by atoms with E-state index in [4.69, 9.17) is 9.47 Å². The number of carbonyl (C=O) groups excluding carboxylic acids is 3. The van der Waals surface area contributed by atoms with E-state index in [0.29, 0.717) is 28.0 Å². The van der Waals surface area contributed by atoms with Crippen molar-refractivity contribution in [2.45, 2.75) is 6.92 Å². The Balaban J connectivity index is 1.72. The molecule has 3 aromatic rings. The minimum absolute atomic E-state index is 0.0624. The molecule has 0 fully saturated rings. The number of hydrogen-bond donors (Lipinski definition) is 3. The van der Waals surface area contributed by atoms with E-state index in [0.717, 1.165) is 6.07 Å². The molecule has 2 amide bonds. The van der Waals surface area contributed by atoms with Crippen molar-refractivity contribution < 1.29 is 23.9 Å². The van der Waals surface area contributed by atoms with E-state index in [-0.39, 0.29) is 11.5 Å². The summed E-state index contributed by atoms with van der Waals surface area (Å²) >= 11 is 0. The lowest BCUT2D eigenvalue weighted by atomic mass is 10.1. The summed E-state index contributed by atoms with van der Waals surface area (Å²) in [6.07, 6.45) is 0. The van der Waals surface area contributed by atoms with Gasteiger partial charge in [-0.3, -0.25) is 14.4 Å².